The van der Waals surface area contributed by atoms with Gasteiger partial charge in [-0.25, -0.2) is 4.79 Å². The SMILES string of the molecule is COc1ccc2c(c1)c(=O)n(C[C@H]1CC[C@H](C(=O)N3CCN(C(=O)C4CC4)[C@@H](C)C3)CC1)c(=O)n2C. The van der Waals surface area contributed by atoms with Gasteiger partial charge in [-0.2, -0.15) is 0 Å². The number of carbonyl (C=O) groups is 2. The first-order valence-corrected chi connectivity index (χ1v) is 13.1. The summed E-state index contributed by atoms with van der Waals surface area (Å²) in [6, 6.07) is 5.22. The molecule has 1 saturated heterocycles. The van der Waals surface area contributed by atoms with Gasteiger partial charge >= 0.3 is 5.69 Å². The molecule has 0 unspecified atom stereocenters. The minimum Gasteiger partial charge on any atom is -0.497 e. The zero-order chi connectivity index (χ0) is 25.6. The number of aromatic nitrogens is 2. The van der Waals surface area contributed by atoms with Crippen molar-refractivity contribution in [3.8, 4) is 5.75 Å². The molecule has 2 aromatic rings. The van der Waals surface area contributed by atoms with E-state index in [4.69, 9.17) is 4.74 Å². The van der Waals surface area contributed by atoms with E-state index in [0.29, 0.717) is 42.8 Å². The summed E-state index contributed by atoms with van der Waals surface area (Å²) in [6.45, 7) is 4.22. The lowest BCUT2D eigenvalue weighted by molar-refractivity contribution is -0.146. The maximum Gasteiger partial charge on any atom is 0.331 e. The average molecular weight is 497 g/mol. The van der Waals surface area contributed by atoms with Crippen molar-refractivity contribution in [2.75, 3.05) is 26.7 Å². The van der Waals surface area contributed by atoms with Gasteiger partial charge in [0.15, 0.2) is 0 Å². The number of amides is 2. The smallest absolute Gasteiger partial charge is 0.331 e. The predicted molar refractivity (Wildman–Crippen MR) is 136 cm³/mol. The van der Waals surface area contributed by atoms with Gasteiger partial charge < -0.3 is 14.5 Å². The summed E-state index contributed by atoms with van der Waals surface area (Å²) in [7, 11) is 3.23. The van der Waals surface area contributed by atoms with E-state index in [0.717, 1.165) is 38.5 Å². The van der Waals surface area contributed by atoms with E-state index < -0.39 is 0 Å². The molecule has 3 fully saturated rings. The molecule has 1 aromatic carbocycles. The van der Waals surface area contributed by atoms with Crippen molar-refractivity contribution >= 4 is 22.7 Å². The lowest BCUT2D eigenvalue weighted by atomic mass is 9.81. The van der Waals surface area contributed by atoms with E-state index >= 15 is 0 Å². The summed E-state index contributed by atoms with van der Waals surface area (Å²) in [5.41, 5.74) is -0.0224. The highest BCUT2D eigenvalue weighted by molar-refractivity contribution is 5.83. The Hall–Kier alpha value is -3.10. The fourth-order valence-corrected chi connectivity index (χ4v) is 5.94. The van der Waals surface area contributed by atoms with Crippen molar-refractivity contribution in [2.45, 2.75) is 58.0 Å². The largest absolute Gasteiger partial charge is 0.497 e. The second-order valence-electron chi connectivity index (χ2n) is 10.8. The Morgan fingerprint density at radius 3 is 2.28 bits per heavy atom. The molecule has 2 aliphatic carbocycles. The van der Waals surface area contributed by atoms with Crippen molar-refractivity contribution in [3.05, 3.63) is 39.0 Å². The molecule has 194 valence electrons. The third-order valence-electron chi connectivity index (χ3n) is 8.34. The van der Waals surface area contributed by atoms with Gasteiger partial charge in [0, 0.05) is 51.1 Å². The van der Waals surface area contributed by atoms with Gasteiger partial charge in [-0.1, -0.05) is 0 Å². The number of fused-ring (bicyclic) bond motifs is 1. The van der Waals surface area contributed by atoms with Crippen LogP contribution < -0.4 is 16.0 Å². The predicted octanol–water partition coefficient (Wildman–Crippen LogP) is 1.98. The van der Waals surface area contributed by atoms with Crippen LogP contribution in [-0.2, 0) is 23.2 Å². The van der Waals surface area contributed by atoms with Gasteiger partial charge in [0.1, 0.15) is 5.75 Å². The maximum absolute atomic E-state index is 13.2. The number of ether oxygens (including phenoxy) is 1. The van der Waals surface area contributed by atoms with Crippen molar-refractivity contribution in [1.29, 1.82) is 0 Å². The number of piperazine rings is 1. The van der Waals surface area contributed by atoms with Crippen molar-refractivity contribution in [2.24, 2.45) is 24.8 Å². The van der Waals surface area contributed by atoms with E-state index in [9.17, 15) is 19.2 Å². The Morgan fingerprint density at radius 2 is 1.64 bits per heavy atom. The number of benzene rings is 1. The fraction of sp³-hybridized carbons (Fsp3) is 0.630. The molecule has 5 rings (SSSR count). The molecule has 2 heterocycles. The van der Waals surface area contributed by atoms with Crippen LogP contribution in [0.1, 0.15) is 45.4 Å². The number of aryl methyl sites for hydroxylation is 1. The van der Waals surface area contributed by atoms with E-state index in [1.807, 2.05) is 16.7 Å². The van der Waals surface area contributed by atoms with Gasteiger partial charge in [-0.3, -0.25) is 23.5 Å². The van der Waals surface area contributed by atoms with Crippen LogP contribution in [-0.4, -0.2) is 63.5 Å². The molecule has 1 aromatic heterocycles. The van der Waals surface area contributed by atoms with Crippen LogP contribution in [0.5, 0.6) is 5.75 Å². The molecule has 9 heteroatoms. The van der Waals surface area contributed by atoms with Crippen molar-refractivity contribution < 1.29 is 14.3 Å². The highest BCUT2D eigenvalue weighted by atomic mass is 16.5. The van der Waals surface area contributed by atoms with Crippen LogP contribution in [0.15, 0.2) is 27.8 Å². The quantitative estimate of drug-likeness (QED) is 0.631. The van der Waals surface area contributed by atoms with Crippen LogP contribution in [0.2, 0.25) is 0 Å². The highest BCUT2D eigenvalue weighted by Gasteiger charge is 2.39. The molecule has 0 N–H and O–H groups in total. The maximum atomic E-state index is 13.2. The Kier molecular flexibility index (Phi) is 6.66. The van der Waals surface area contributed by atoms with Crippen molar-refractivity contribution in [1.82, 2.24) is 18.9 Å². The average Bonchev–Trinajstić information content (AvgIpc) is 3.75. The Labute approximate surface area is 210 Å². The van der Waals surface area contributed by atoms with Gasteiger partial charge in [-0.15, -0.1) is 0 Å². The number of nitrogens with zero attached hydrogens (tertiary/aromatic N) is 4. The third-order valence-corrected chi connectivity index (χ3v) is 8.34. The normalized spacial score (nSPS) is 24.7. The number of carbonyl (C=O) groups excluding carboxylic acids is 2. The Morgan fingerprint density at radius 1 is 0.972 bits per heavy atom. The summed E-state index contributed by atoms with van der Waals surface area (Å²) in [4.78, 5) is 55.8. The second-order valence-corrected chi connectivity index (χ2v) is 10.8. The van der Waals surface area contributed by atoms with E-state index in [2.05, 4.69) is 0 Å². The van der Waals surface area contributed by atoms with Crippen LogP contribution in [0.25, 0.3) is 10.9 Å². The highest BCUT2D eigenvalue weighted by Crippen LogP contribution is 2.34. The zero-order valence-corrected chi connectivity index (χ0v) is 21.4. The first-order chi connectivity index (χ1) is 17.3. The number of methoxy groups -OCH3 is 1. The molecule has 0 spiro atoms. The molecule has 1 atom stereocenters. The van der Waals surface area contributed by atoms with E-state index in [1.54, 1.807) is 32.4 Å². The second kappa shape index (κ2) is 9.75. The summed E-state index contributed by atoms with van der Waals surface area (Å²) in [5.74, 6) is 1.37. The molecule has 0 bridgehead atoms. The molecule has 36 heavy (non-hydrogen) atoms. The number of hydrogen-bond acceptors (Lipinski definition) is 5. The monoisotopic (exact) mass is 496 g/mol. The first-order valence-electron chi connectivity index (χ1n) is 13.1. The minimum atomic E-state index is -0.316. The van der Waals surface area contributed by atoms with E-state index in [-0.39, 0.29) is 46.9 Å². The Bertz CT molecular complexity index is 1290. The number of hydrogen-bond donors (Lipinski definition) is 0. The van der Waals surface area contributed by atoms with Crippen LogP contribution in [0, 0.1) is 17.8 Å². The number of rotatable bonds is 5. The van der Waals surface area contributed by atoms with Gasteiger partial charge in [-0.05, 0) is 69.6 Å². The molecule has 3 aliphatic rings. The van der Waals surface area contributed by atoms with Crippen LogP contribution in [0.4, 0.5) is 0 Å². The lowest BCUT2D eigenvalue weighted by Crippen LogP contribution is -2.57. The molecular formula is C27H36N4O5. The van der Waals surface area contributed by atoms with Crippen molar-refractivity contribution in [3.63, 3.8) is 0 Å². The van der Waals surface area contributed by atoms with Gasteiger partial charge in [0.2, 0.25) is 11.8 Å². The topological polar surface area (TPSA) is 93.8 Å². The summed E-state index contributed by atoms with van der Waals surface area (Å²) >= 11 is 0. The van der Waals surface area contributed by atoms with E-state index in [1.165, 1.54) is 9.13 Å². The van der Waals surface area contributed by atoms with Gasteiger partial charge in [0.25, 0.3) is 5.56 Å². The fourth-order valence-electron chi connectivity index (χ4n) is 5.94. The molecule has 1 aliphatic heterocycles. The van der Waals surface area contributed by atoms with Gasteiger partial charge in [0.05, 0.1) is 18.0 Å². The minimum absolute atomic E-state index is 0.0282. The third kappa shape index (κ3) is 4.55. The molecule has 2 amide bonds. The summed E-state index contributed by atoms with van der Waals surface area (Å²) < 4.78 is 8.12. The Balaban J connectivity index is 1.21. The molecular weight excluding hydrogens is 460 g/mol. The molecule has 0 radical (unpaired) electrons. The molecule has 2 saturated carbocycles. The standard InChI is InChI=1S/C27H36N4O5/c1-17-15-29(12-13-30(17)25(33)20-8-9-20)24(32)19-6-4-18(5-7-19)16-31-26(34)22-14-21(36-3)10-11-23(22)28(2)27(31)35/h10-11,14,17-20H,4-9,12-13,15-16H2,1-3H3/t17-,18-,19-/m0/s1. The summed E-state index contributed by atoms with van der Waals surface area (Å²) in [6.07, 6.45) is 5.12. The zero-order valence-electron chi connectivity index (χ0n) is 21.4. The lowest BCUT2D eigenvalue weighted by Gasteiger charge is -2.42. The molecule has 9 nitrogen and oxygen atoms in total. The van der Waals surface area contributed by atoms with Crippen LogP contribution in [0.3, 0.4) is 0 Å². The summed E-state index contributed by atoms with van der Waals surface area (Å²) in [5, 5.41) is 0.466. The van der Waals surface area contributed by atoms with Crippen LogP contribution >= 0.6 is 0 Å². The first kappa shape index (κ1) is 24.6.